The van der Waals surface area contributed by atoms with E-state index >= 15 is 0 Å². The summed E-state index contributed by atoms with van der Waals surface area (Å²) >= 11 is 7.50. The molecule has 0 spiro atoms. The van der Waals surface area contributed by atoms with Gasteiger partial charge in [-0.2, -0.15) is 5.26 Å². The molecule has 0 bridgehead atoms. The smallest absolute Gasteiger partial charge is 0.176 e. The molecule has 1 aromatic carbocycles. The van der Waals surface area contributed by atoms with Crippen LogP contribution in [0.4, 0.5) is 0 Å². The number of halogens is 1. The topological polar surface area (TPSA) is 45.8 Å². The molecule has 0 saturated heterocycles. The summed E-state index contributed by atoms with van der Waals surface area (Å²) in [5.41, 5.74) is 2.21. The van der Waals surface area contributed by atoms with Crippen LogP contribution in [0.3, 0.4) is 0 Å². The summed E-state index contributed by atoms with van der Waals surface area (Å²) in [5, 5.41) is 9.50. The van der Waals surface area contributed by atoms with E-state index in [1.54, 1.807) is 19.1 Å². The Hall–Kier alpha value is -1.70. The molecule has 2 aromatic rings. The predicted octanol–water partition coefficient (Wildman–Crippen LogP) is 4.21. The van der Waals surface area contributed by atoms with Gasteiger partial charge < -0.3 is 4.57 Å². The van der Waals surface area contributed by atoms with E-state index in [2.05, 4.69) is 6.07 Å². The van der Waals surface area contributed by atoms with E-state index in [0.29, 0.717) is 16.3 Å². The maximum Gasteiger partial charge on any atom is 0.176 e. The SMILES string of the molecule is CC(=O)c1cc(Sc2cc(Cl)cc(C#N)c2)c(C)n1C. The van der Waals surface area contributed by atoms with Gasteiger partial charge in [0, 0.05) is 34.5 Å². The van der Waals surface area contributed by atoms with Crippen LogP contribution >= 0.6 is 23.4 Å². The number of hydrogen-bond donors (Lipinski definition) is 0. The van der Waals surface area contributed by atoms with Crippen LogP contribution in [-0.4, -0.2) is 10.4 Å². The third kappa shape index (κ3) is 2.90. The molecule has 0 aliphatic heterocycles. The van der Waals surface area contributed by atoms with Gasteiger partial charge in [-0.25, -0.2) is 0 Å². The molecule has 2 rings (SSSR count). The number of ketones is 1. The summed E-state index contributed by atoms with van der Waals surface area (Å²) < 4.78 is 1.88. The Morgan fingerprint density at radius 3 is 2.60 bits per heavy atom. The van der Waals surface area contributed by atoms with Crippen LogP contribution < -0.4 is 0 Å². The lowest BCUT2D eigenvalue weighted by molar-refractivity contribution is 0.101. The highest BCUT2D eigenvalue weighted by Crippen LogP contribution is 2.34. The van der Waals surface area contributed by atoms with Crippen molar-refractivity contribution in [2.24, 2.45) is 7.05 Å². The van der Waals surface area contributed by atoms with Crippen LogP contribution in [-0.2, 0) is 7.05 Å². The van der Waals surface area contributed by atoms with Crippen LogP contribution in [0.15, 0.2) is 34.1 Å². The number of nitrogens with zero attached hydrogens (tertiary/aromatic N) is 2. The number of nitriles is 1. The molecular weight excluding hydrogens is 292 g/mol. The van der Waals surface area contributed by atoms with Crippen molar-refractivity contribution in [3.63, 3.8) is 0 Å². The van der Waals surface area contributed by atoms with Crippen molar-refractivity contribution in [2.45, 2.75) is 23.6 Å². The normalized spacial score (nSPS) is 10.3. The molecule has 1 aromatic heterocycles. The molecule has 0 saturated carbocycles. The van der Waals surface area contributed by atoms with E-state index in [1.165, 1.54) is 11.8 Å². The predicted molar refractivity (Wildman–Crippen MR) is 80.4 cm³/mol. The van der Waals surface area contributed by atoms with Crippen LogP contribution in [0, 0.1) is 18.3 Å². The average Bonchev–Trinajstić information content (AvgIpc) is 2.66. The lowest BCUT2D eigenvalue weighted by Gasteiger charge is -2.04. The zero-order chi connectivity index (χ0) is 14.9. The molecule has 3 nitrogen and oxygen atoms in total. The third-order valence-electron chi connectivity index (χ3n) is 3.08. The number of Topliss-reactive ketones (excluding diaryl/α,β-unsaturated/α-hetero) is 1. The number of carbonyl (C=O) groups excluding carboxylic acids is 1. The second-order valence-electron chi connectivity index (χ2n) is 4.48. The van der Waals surface area contributed by atoms with Crippen LogP contribution in [0.5, 0.6) is 0 Å². The number of benzene rings is 1. The van der Waals surface area contributed by atoms with Gasteiger partial charge in [-0.15, -0.1) is 0 Å². The van der Waals surface area contributed by atoms with Gasteiger partial charge in [0.05, 0.1) is 17.3 Å². The van der Waals surface area contributed by atoms with E-state index in [4.69, 9.17) is 16.9 Å². The van der Waals surface area contributed by atoms with Gasteiger partial charge in [0.2, 0.25) is 0 Å². The fraction of sp³-hybridized carbons (Fsp3) is 0.200. The zero-order valence-corrected chi connectivity index (χ0v) is 13.0. The van der Waals surface area contributed by atoms with E-state index in [-0.39, 0.29) is 5.78 Å². The second kappa shape index (κ2) is 5.74. The zero-order valence-electron chi connectivity index (χ0n) is 11.4. The van der Waals surface area contributed by atoms with E-state index < -0.39 is 0 Å². The van der Waals surface area contributed by atoms with E-state index in [9.17, 15) is 4.79 Å². The Bertz CT molecular complexity index is 728. The number of rotatable bonds is 3. The Labute approximate surface area is 127 Å². The summed E-state index contributed by atoms with van der Waals surface area (Å²) in [7, 11) is 1.87. The molecular formula is C15H13ClN2OS. The lowest BCUT2D eigenvalue weighted by Crippen LogP contribution is -2.02. The van der Waals surface area contributed by atoms with Gasteiger partial charge in [-0.05, 0) is 31.2 Å². The fourth-order valence-corrected chi connectivity index (χ4v) is 3.31. The van der Waals surface area contributed by atoms with Gasteiger partial charge in [0.15, 0.2) is 5.78 Å². The van der Waals surface area contributed by atoms with Crippen LogP contribution in [0.1, 0.15) is 28.7 Å². The Balaban J connectivity index is 2.40. The molecule has 0 aliphatic rings. The van der Waals surface area contributed by atoms with Crippen LogP contribution in [0.25, 0.3) is 0 Å². The van der Waals surface area contributed by atoms with Gasteiger partial charge >= 0.3 is 0 Å². The first-order chi connectivity index (χ1) is 9.42. The van der Waals surface area contributed by atoms with Crippen molar-refractivity contribution >= 4 is 29.1 Å². The Morgan fingerprint density at radius 2 is 2.05 bits per heavy atom. The Kier molecular flexibility index (Phi) is 4.22. The third-order valence-corrected chi connectivity index (χ3v) is 4.40. The maximum atomic E-state index is 11.5. The molecule has 0 atom stereocenters. The molecule has 0 N–H and O–H groups in total. The number of hydrogen-bond acceptors (Lipinski definition) is 3. The van der Waals surface area contributed by atoms with Crippen molar-refractivity contribution in [3.8, 4) is 6.07 Å². The average molecular weight is 305 g/mol. The first kappa shape index (κ1) is 14.7. The summed E-state index contributed by atoms with van der Waals surface area (Å²) in [6.45, 7) is 3.51. The highest BCUT2D eigenvalue weighted by molar-refractivity contribution is 7.99. The molecule has 20 heavy (non-hydrogen) atoms. The molecule has 0 fully saturated rings. The molecule has 102 valence electrons. The largest absolute Gasteiger partial charge is 0.344 e. The number of carbonyl (C=O) groups is 1. The second-order valence-corrected chi connectivity index (χ2v) is 6.04. The Morgan fingerprint density at radius 1 is 1.35 bits per heavy atom. The molecule has 0 unspecified atom stereocenters. The lowest BCUT2D eigenvalue weighted by atomic mass is 10.2. The summed E-state index contributed by atoms with van der Waals surface area (Å²) in [6.07, 6.45) is 0. The maximum absolute atomic E-state index is 11.5. The molecule has 0 aliphatic carbocycles. The minimum Gasteiger partial charge on any atom is -0.344 e. The first-order valence-corrected chi connectivity index (χ1v) is 7.17. The molecule has 0 radical (unpaired) electrons. The van der Waals surface area contributed by atoms with Gasteiger partial charge in [0.25, 0.3) is 0 Å². The van der Waals surface area contributed by atoms with E-state index in [0.717, 1.165) is 15.5 Å². The van der Waals surface area contributed by atoms with Crippen molar-refractivity contribution < 1.29 is 4.79 Å². The van der Waals surface area contributed by atoms with Crippen molar-refractivity contribution in [1.29, 1.82) is 5.26 Å². The van der Waals surface area contributed by atoms with Gasteiger partial charge in [0.1, 0.15) is 0 Å². The molecule has 1 heterocycles. The van der Waals surface area contributed by atoms with Crippen molar-refractivity contribution in [3.05, 3.63) is 46.2 Å². The van der Waals surface area contributed by atoms with E-state index in [1.807, 2.05) is 30.7 Å². The summed E-state index contributed by atoms with van der Waals surface area (Å²) in [6, 6.07) is 9.19. The van der Waals surface area contributed by atoms with Gasteiger partial charge in [-0.3, -0.25) is 4.79 Å². The van der Waals surface area contributed by atoms with Gasteiger partial charge in [-0.1, -0.05) is 23.4 Å². The highest BCUT2D eigenvalue weighted by Gasteiger charge is 2.13. The monoisotopic (exact) mass is 304 g/mol. The summed E-state index contributed by atoms with van der Waals surface area (Å²) in [5.74, 6) is 0.0336. The summed E-state index contributed by atoms with van der Waals surface area (Å²) in [4.78, 5) is 13.4. The standard InChI is InChI=1S/C15H13ClN2OS/c1-9-15(7-14(10(2)19)18(9)3)20-13-5-11(8-17)4-12(16)6-13/h4-7H,1-3H3. The minimum absolute atomic E-state index is 0.0336. The quantitative estimate of drug-likeness (QED) is 0.798. The molecule has 5 heteroatoms. The minimum atomic E-state index is 0.0336. The number of aromatic nitrogens is 1. The van der Waals surface area contributed by atoms with Crippen molar-refractivity contribution in [2.75, 3.05) is 0 Å². The highest BCUT2D eigenvalue weighted by atomic mass is 35.5. The van der Waals surface area contributed by atoms with Crippen LogP contribution in [0.2, 0.25) is 5.02 Å². The first-order valence-electron chi connectivity index (χ1n) is 5.98. The fourth-order valence-electron chi connectivity index (χ4n) is 1.93. The van der Waals surface area contributed by atoms with Crippen molar-refractivity contribution in [1.82, 2.24) is 4.57 Å². The molecule has 0 amide bonds.